The molecule has 27 heavy (non-hydrogen) atoms. The van der Waals surface area contributed by atoms with Crippen molar-refractivity contribution in [3.05, 3.63) is 48.5 Å². The molecule has 142 valence electrons. The minimum absolute atomic E-state index is 0.0252. The van der Waals surface area contributed by atoms with Gasteiger partial charge in [0.15, 0.2) is 17.6 Å². The second-order valence-corrected chi connectivity index (χ2v) is 5.86. The summed E-state index contributed by atoms with van der Waals surface area (Å²) in [5.41, 5.74) is 0.512. The molecule has 0 aliphatic carbocycles. The van der Waals surface area contributed by atoms with Crippen LogP contribution in [-0.4, -0.2) is 37.3 Å². The monoisotopic (exact) mass is 371 g/mol. The number of benzene rings is 2. The fraction of sp³-hybridized carbons (Fsp3) is 0.300. The summed E-state index contributed by atoms with van der Waals surface area (Å²) >= 11 is 0. The Hall–Kier alpha value is -3.22. The third kappa shape index (κ3) is 4.49. The number of nitrogens with one attached hydrogen (secondary N) is 1. The Morgan fingerprint density at radius 1 is 1.15 bits per heavy atom. The summed E-state index contributed by atoms with van der Waals surface area (Å²) in [6.07, 6.45) is -1.93. The van der Waals surface area contributed by atoms with Crippen LogP contribution >= 0.6 is 0 Å². The number of amides is 1. The Bertz CT molecular complexity index is 822. The normalized spacial score (nSPS) is 16.1. The lowest BCUT2D eigenvalue weighted by molar-refractivity contribution is -0.162. The minimum atomic E-state index is -1.01. The number of hydrogen-bond donors (Lipinski definition) is 1. The molecule has 1 aliphatic heterocycles. The molecule has 0 saturated carbocycles. The quantitative estimate of drug-likeness (QED) is 0.786. The predicted octanol–water partition coefficient (Wildman–Crippen LogP) is 2.80. The minimum Gasteiger partial charge on any atom is -0.492 e. The van der Waals surface area contributed by atoms with Gasteiger partial charge in [-0.15, -0.1) is 0 Å². The fourth-order valence-corrected chi connectivity index (χ4v) is 2.52. The maximum atomic E-state index is 12.4. The first-order valence-electron chi connectivity index (χ1n) is 8.70. The largest absolute Gasteiger partial charge is 0.492 e. The van der Waals surface area contributed by atoms with E-state index in [-0.39, 0.29) is 6.61 Å². The lowest BCUT2D eigenvalue weighted by Crippen LogP contribution is -2.41. The van der Waals surface area contributed by atoms with E-state index in [1.165, 1.54) is 6.92 Å². The number of hydrogen-bond acceptors (Lipinski definition) is 6. The molecule has 0 aromatic heterocycles. The van der Waals surface area contributed by atoms with Crippen molar-refractivity contribution in [1.29, 1.82) is 0 Å². The van der Waals surface area contributed by atoms with Crippen molar-refractivity contribution in [2.75, 3.05) is 18.5 Å². The van der Waals surface area contributed by atoms with Crippen molar-refractivity contribution in [1.82, 2.24) is 0 Å². The van der Waals surface area contributed by atoms with Crippen LogP contribution in [0.1, 0.15) is 13.8 Å². The van der Waals surface area contributed by atoms with Crippen LogP contribution in [0.5, 0.6) is 17.2 Å². The van der Waals surface area contributed by atoms with Gasteiger partial charge in [0.2, 0.25) is 6.10 Å². The Morgan fingerprint density at radius 2 is 1.85 bits per heavy atom. The van der Waals surface area contributed by atoms with Gasteiger partial charge in [0.1, 0.15) is 12.4 Å². The van der Waals surface area contributed by atoms with E-state index in [0.29, 0.717) is 29.5 Å². The molecule has 7 heteroatoms. The second kappa shape index (κ2) is 8.44. The van der Waals surface area contributed by atoms with E-state index in [9.17, 15) is 9.59 Å². The molecule has 7 nitrogen and oxygen atoms in total. The molecule has 1 aliphatic rings. The zero-order valence-electron chi connectivity index (χ0n) is 15.1. The summed E-state index contributed by atoms with van der Waals surface area (Å²) in [7, 11) is 0. The summed E-state index contributed by atoms with van der Waals surface area (Å²) in [5, 5.41) is 2.71. The Kier molecular flexibility index (Phi) is 5.80. The zero-order chi connectivity index (χ0) is 19.2. The standard InChI is InChI=1S/C20H21NO6/c1-3-24-15-9-5-4-8-14(15)21-19(22)13(2)26-20(23)18-12-25-16-10-6-7-11-17(16)27-18/h4-11,13,18H,3,12H2,1-2H3,(H,21,22)/t13-,18+/m0/s1. The van der Waals surface area contributed by atoms with Crippen molar-refractivity contribution in [3.8, 4) is 17.2 Å². The van der Waals surface area contributed by atoms with Crippen LogP contribution in [0.4, 0.5) is 5.69 Å². The van der Waals surface area contributed by atoms with Gasteiger partial charge in [-0.25, -0.2) is 4.79 Å². The Balaban J connectivity index is 1.58. The van der Waals surface area contributed by atoms with E-state index >= 15 is 0 Å². The smallest absolute Gasteiger partial charge is 0.351 e. The molecule has 1 N–H and O–H groups in total. The molecule has 1 amide bonds. The average molecular weight is 371 g/mol. The van der Waals surface area contributed by atoms with Crippen molar-refractivity contribution in [2.24, 2.45) is 0 Å². The molecule has 0 spiro atoms. The number of para-hydroxylation sites is 4. The second-order valence-electron chi connectivity index (χ2n) is 5.86. The molecule has 2 atom stereocenters. The highest BCUT2D eigenvalue weighted by Crippen LogP contribution is 2.31. The van der Waals surface area contributed by atoms with Crippen LogP contribution in [-0.2, 0) is 14.3 Å². The van der Waals surface area contributed by atoms with Gasteiger partial charge in [0.05, 0.1) is 12.3 Å². The maximum Gasteiger partial charge on any atom is 0.351 e. The van der Waals surface area contributed by atoms with Crippen molar-refractivity contribution < 1.29 is 28.5 Å². The van der Waals surface area contributed by atoms with E-state index in [4.69, 9.17) is 18.9 Å². The van der Waals surface area contributed by atoms with Gasteiger partial charge < -0.3 is 24.3 Å². The van der Waals surface area contributed by atoms with E-state index < -0.39 is 24.1 Å². The summed E-state index contributed by atoms with van der Waals surface area (Å²) in [6.45, 7) is 3.84. The molecule has 2 aromatic rings. The first kappa shape index (κ1) is 18.6. The van der Waals surface area contributed by atoms with Crippen molar-refractivity contribution in [3.63, 3.8) is 0 Å². The molecular formula is C20H21NO6. The maximum absolute atomic E-state index is 12.4. The van der Waals surface area contributed by atoms with Gasteiger partial charge in [-0.3, -0.25) is 4.79 Å². The van der Waals surface area contributed by atoms with Crippen LogP contribution < -0.4 is 19.5 Å². The lowest BCUT2D eigenvalue weighted by Gasteiger charge is -2.26. The van der Waals surface area contributed by atoms with Crippen LogP contribution in [0.2, 0.25) is 0 Å². The molecule has 2 aromatic carbocycles. The number of esters is 1. The van der Waals surface area contributed by atoms with Crippen LogP contribution in [0.25, 0.3) is 0 Å². The topological polar surface area (TPSA) is 83.1 Å². The third-order valence-electron chi connectivity index (χ3n) is 3.88. The van der Waals surface area contributed by atoms with Crippen LogP contribution in [0.3, 0.4) is 0 Å². The molecule has 1 heterocycles. The van der Waals surface area contributed by atoms with E-state index in [2.05, 4.69) is 5.32 Å². The summed E-state index contributed by atoms with van der Waals surface area (Å²) < 4.78 is 21.8. The number of carbonyl (C=O) groups is 2. The fourth-order valence-electron chi connectivity index (χ4n) is 2.52. The van der Waals surface area contributed by atoms with Gasteiger partial charge in [0, 0.05) is 0 Å². The van der Waals surface area contributed by atoms with E-state index in [0.717, 1.165) is 0 Å². The Morgan fingerprint density at radius 3 is 2.63 bits per heavy atom. The molecule has 3 rings (SSSR count). The highest BCUT2D eigenvalue weighted by atomic mass is 16.6. The first-order valence-corrected chi connectivity index (χ1v) is 8.70. The molecule has 0 radical (unpaired) electrons. The number of fused-ring (bicyclic) bond motifs is 1. The van der Waals surface area contributed by atoms with Crippen LogP contribution in [0, 0.1) is 0 Å². The van der Waals surface area contributed by atoms with Crippen molar-refractivity contribution in [2.45, 2.75) is 26.1 Å². The average Bonchev–Trinajstić information content (AvgIpc) is 2.69. The predicted molar refractivity (Wildman–Crippen MR) is 98.1 cm³/mol. The van der Waals surface area contributed by atoms with Gasteiger partial charge in [0.25, 0.3) is 5.91 Å². The molecular weight excluding hydrogens is 350 g/mol. The van der Waals surface area contributed by atoms with Gasteiger partial charge in [-0.1, -0.05) is 24.3 Å². The lowest BCUT2D eigenvalue weighted by atomic mass is 10.2. The number of rotatable bonds is 6. The Labute approximate surface area is 157 Å². The highest BCUT2D eigenvalue weighted by Gasteiger charge is 2.31. The highest BCUT2D eigenvalue weighted by molar-refractivity contribution is 5.96. The third-order valence-corrected chi connectivity index (χ3v) is 3.88. The molecule has 0 fully saturated rings. The van der Waals surface area contributed by atoms with Gasteiger partial charge in [-0.05, 0) is 38.1 Å². The number of carbonyl (C=O) groups excluding carboxylic acids is 2. The summed E-state index contributed by atoms with van der Waals surface area (Å²) in [4.78, 5) is 24.7. The molecule has 0 saturated heterocycles. The number of ether oxygens (including phenoxy) is 4. The first-order chi connectivity index (χ1) is 13.1. The SMILES string of the molecule is CCOc1ccccc1NC(=O)[C@H](C)OC(=O)[C@H]1COc2ccccc2O1. The summed E-state index contributed by atoms with van der Waals surface area (Å²) in [6, 6.07) is 14.1. The molecule has 0 bridgehead atoms. The van der Waals surface area contributed by atoms with E-state index in [1.54, 1.807) is 36.4 Å². The van der Waals surface area contributed by atoms with Crippen molar-refractivity contribution >= 4 is 17.6 Å². The molecule has 0 unspecified atom stereocenters. The zero-order valence-corrected chi connectivity index (χ0v) is 15.1. The van der Waals surface area contributed by atoms with Gasteiger partial charge in [-0.2, -0.15) is 0 Å². The van der Waals surface area contributed by atoms with Crippen LogP contribution in [0.15, 0.2) is 48.5 Å². The number of anilines is 1. The van der Waals surface area contributed by atoms with E-state index in [1.807, 2.05) is 19.1 Å². The summed E-state index contributed by atoms with van der Waals surface area (Å²) in [5.74, 6) is 0.457. The van der Waals surface area contributed by atoms with Gasteiger partial charge >= 0.3 is 5.97 Å².